The van der Waals surface area contributed by atoms with Crippen LogP contribution in [-0.4, -0.2) is 12.2 Å². The molecule has 0 aliphatic rings. The molecule has 0 aromatic heterocycles. The summed E-state index contributed by atoms with van der Waals surface area (Å²) in [5.41, 5.74) is 2.33. The number of phenols is 1. The maximum absolute atomic E-state index is 9.79. The van der Waals surface area contributed by atoms with Crippen molar-refractivity contribution in [2.75, 3.05) is 7.11 Å². The highest BCUT2D eigenvalue weighted by Gasteiger charge is 2.12. The van der Waals surface area contributed by atoms with Crippen LogP contribution in [0, 0.1) is 0 Å². The van der Waals surface area contributed by atoms with Gasteiger partial charge in [0.25, 0.3) is 0 Å². The van der Waals surface area contributed by atoms with Crippen molar-refractivity contribution >= 4 is 0 Å². The van der Waals surface area contributed by atoms with Gasteiger partial charge in [0, 0.05) is 5.56 Å². The smallest absolute Gasteiger partial charge is 0.163 e. The Morgan fingerprint density at radius 2 is 2.12 bits per heavy atom. The van der Waals surface area contributed by atoms with Gasteiger partial charge in [0.05, 0.1) is 7.11 Å². The summed E-state index contributed by atoms with van der Waals surface area (Å²) in [4.78, 5) is 0. The zero-order chi connectivity index (χ0) is 12.7. The topological polar surface area (TPSA) is 29.5 Å². The number of allylic oxidation sites excluding steroid dienone is 1. The summed E-state index contributed by atoms with van der Waals surface area (Å²) < 4.78 is 5.31. The van der Waals surface area contributed by atoms with Crippen LogP contribution < -0.4 is 4.74 Å². The van der Waals surface area contributed by atoms with Gasteiger partial charge in [0.1, 0.15) is 0 Å². The lowest BCUT2D eigenvalue weighted by molar-refractivity contribution is 0.368. The van der Waals surface area contributed by atoms with Crippen LogP contribution >= 0.6 is 0 Å². The van der Waals surface area contributed by atoms with Crippen molar-refractivity contribution in [2.24, 2.45) is 0 Å². The second-order valence-corrected chi connectivity index (χ2v) is 4.21. The van der Waals surface area contributed by atoms with E-state index >= 15 is 0 Å². The molecule has 2 nitrogen and oxygen atoms in total. The normalized spacial score (nSPS) is 10.2. The van der Waals surface area contributed by atoms with Gasteiger partial charge in [-0.2, -0.15) is 0 Å². The fraction of sp³-hybridized carbons (Fsp3) is 0.467. The average molecular weight is 234 g/mol. The molecular weight excluding hydrogens is 212 g/mol. The molecule has 0 fully saturated rings. The van der Waals surface area contributed by atoms with Gasteiger partial charge in [0.15, 0.2) is 11.5 Å². The molecule has 2 heteroatoms. The molecule has 0 radical (unpaired) electrons. The third-order valence-electron chi connectivity index (χ3n) is 2.94. The standard InChI is InChI=1S/C15H22O2/c1-4-6-7-9-13-12(8-5-2)10-11-14(16)15(13)17-3/h5,10-11,16H,2,4,6-9H2,1,3H3. The van der Waals surface area contributed by atoms with Crippen molar-refractivity contribution in [1.82, 2.24) is 0 Å². The predicted octanol–water partition coefficient (Wildman–Crippen LogP) is 3.86. The van der Waals surface area contributed by atoms with Gasteiger partial charge in [-0.1, -0.05) is 31.9 Å². The molecule has 1 aromatic rings. The summed E-state index contributed by atoms with van der Waals surface area (Å²) in [6.07, 6.45) is 7.17. The number of phenolic OH excluding ortho intramolecular Hbond substituents is 1. The van der Waals surface area contributed by atoms with Crippen LogP contribution in [-0.2, 0) is 12.8 Å². The second kappa shape index (κ2) is 7.00. The first kappa shape index (κ1) is 13.6. The number of hydrogen-bond acceptors (Lipinski definition) is 2. The summed E-state index contributed by atoms with van der Waals surface area (Å²) >= 11 is 0. The predicted molar refractivity (Wildman–Crippen MR) is 71.8 cm³/mol. The Balaban J connectivity index is 3.00. The van der Waals surface area contributed by atoms with Gasteiger partial charge in [-0.05, 0) is 30.9 Å². The van der Waals surface area contributed by atoms with Crippen LogP contribution in [0.2, 0.25) is 0 Å². The maximum atomic E-state index is 9.79. The fourth-order valence-electron chi connectivity index (χ4n) is 2.06. The van der Waals surface area contributed by atoms with Crippen molar-refractivity contribution in [3.8, 4) is 11.5 Å². The lowest BCUT2D eigenvalue weighted by Gasteiger charge is -2.14. The van der Waals surface area contributed by atoms with Crippen molar-refractivity contribution in [3.05, 3.63) is 35.9 Å². The van der Waals surface area contributed by atoms with Gasteiger partial charge in [-0.25, -0.2) is 0 Å². The summed E-state index contributed by atoms with van der Waals surface area (Å²) in [6.45, 7) is 5.95. The molecule has 0 amide bonds. The van der Waals surface area contributed by atoms with Crippen molar-refractivity contribution in [3.63, 3.8) is 0 Å². The van der Waals surface area contributed by atoms with E-state index in [4.69, 9.17) is 4.74 Å². The van der Waals surface area contributed by atoms with Crippen LogP contribution in [0.3, 0.4) is 0 Å². The van der Waals surface area contributed by atoms with E-state index in [-0.39, 0.29) is 5.75 Å². The number of benzene rings is 1. The molecule has 0 aliphatic carbocycles. The number of hydrogen-bond donors (Lipinski definition) is 1. The maximum Gasteiger partial charge on any atom is 0.163 e. The molecule has 0 aliphatic heterocycles. The third-order valence-corrected chi connectivity index (χ3v) is 2.94. The van der Waals surface area contributed by atoms with Gasteiger partial charge in [-0.3, -0.25) is 0 Å². The first-order valence-electron chi connectivity index (χ1n) is 6.23. The molecule has 0 atom stereocenters. The molecule has 1 rings (SSSR count). The number of aromatic hydroxyl groups is 1. The van der Waals surface area contributed by atoms with E-state index in [2.05, 4.69) is 13.5 Å². The van der Waals surface area contributed by atoms with Gasteiger partial charge in [0.2, 0.25) is 0 Å². The Kier molecular flexibility index (Phi) is 5.61. The van der Waals surface area contributed by atoms with E-state index in [9.17, 15) is 5.11 Å². The molecule has 0 bridgehead atoms. The number of rotatable bonds is 7. The van der Waals surface area contributed by atoms with Crippen LogP contribution in [0.5, 0.6) is 11.5 Å². The average Bonchev–Trinajstić information content (AvgIpc) is 2.33. The molecule has 0 saturated carbocycles. The highest BCUT2D eigenvalue weighted by atomic mass is 16.5. The first-order chi connectivity index (χ1) is 8.24. The Hall–Kier alpha value is -1.44. The highest BCUT2D eigenvalue weighted by Crippen LogP contribution is 2.34. The zero-order valence-electron chi connectivity index (χ0n) is 10.8. The number of unbranched alkanes of at least 4 members (excludes halogenated alkanes) is 2. The van der Waals surface area contributed by atoms with Crippen LogP contribution in [0.15, 0.2) is 24.8 Å². The minimum Gasteiger partial charge on any atom is -0.504 e. The zero-order valence-corrected chi connectivity index (χ0v) is 10.8. The fourth-order valence-corrected chi connectivity index (χ4v) is 2.06. The molecule has 0 saturated heterocycles. The number of ether oxygens (including phenoxy) is 1. The van der Waals surface area contributed by atoms with Crippen LogP contribution in [0.25, 0.3) is 0 Å². The van der Waals surface area contributed by atoms with E-state index in [1.165, 1.54) is 18.4 Å². The lowest BCUT2D eigenvalue weighted by atomic mass is 9.97. The quantitative estimate of drug-likeness (QED) is 0.573. The van der Waals surface area contributed by atoms with Gasteiger partial charge in [-0.15, -0.1) is 6.58 Å². The van der Waals surface area contributed by atoms with E-state index in [1.54, 1.807) is 13.2 Å². The monoisotopic (exact) mass is 234 g/mol. The van der Waals surface area contributed by atoms with Gasteiger partial charge >= 0.3 is 0 Å². The molecular formula is C15H22O2. The Morgan fingerprint density at radius 3 is 2.71 bits per heavy atom. The Labute approximate surface area is 104 Å². The molecule has 94 valence electrons. The molecule has 1 aromatic carbocycles. The summed E-state index contributed by atoms with van der Waals surface area (Å²) in [7, 11) is 1.61. The van der Waals surface area contributed by atoms with Crippen LogP contribution in [0.4, 0.5) is 0 Å². The Morgan fingerprint density at radius 1 is 1.35 bits per heavy atom. The SMILES string of the molecule is C=CCc1ccc(O)c(OC)c1CCCCC. The lowest BCUT2D eigenvalue weighted by Crippen LogP contribution is -1.99. The number of methoxy groups -OCH3 is 1. The molecule has 0 heterocycles. The van der Waals surface area contributed by atoms with E-state index in [1.807, 2.05) is 12.1 Å². The minimum atomic E-state index is 0.229. The minimum absolute atomic E-state index is 0.229. The largest absolute Gasteiger partial charge is 0.504 e. The van der Waals surface area contributed by atoms with Crippen molar-refractivity contribution < 1.29 is 9.84 Å². The first-order valence-corrected chi connectivity index (χ1v) is 6.23. The van der Waals surface area contributed by atoms with Crippen LogP contribution in [0.1, 0.15) is 37.3 Å². The second-order valence-electron chi connectivity index (χ2n) is 4.21. The summed E-state index contributed by atoms with van der Waals surface area (Å²) in [6, 6.07) is 3.65. The van der Waals surface area contributed by atoms with E-state index in [0.717, 1.165) is 24.8 Å². The van der Waals surface area contributed by atoms with E-state index in [0.29, 0.717) is 5.75 Å². The highest BCUT2D eigenvalue weighted by molar-refractivity contribution is 5.50. The summed E-state index contributed by atoms with van der Waals surface area (Å²) in [5.74, 6) is 0.854. The molecule has 0 unspecified atom stereocenters. The third kappa shape index (κ3) is 3.52. The molecule has 0 spiro atoms. The van der Waals surface area contributed by atoms with Crippen molar-refractivity contribution in [1.29, 1.82) is 0 Å². The summed E-state index contributed by atoms with van der Waals surface area (Å²) in [5, 5.41) is 9.79. The van der Waals surface area contributed by atoms with Crippen molar-refractivity contribution in [2.45, 2.75) is 39.0 Å². The Bertz CT molecular complexity index is 369. The molecule has 1 N–H and O–H groups in total. The molecule has 17 heavy (non-hydrogen) atoms. The van der Waals surface area contributed by atoms with Gasteiger partial charge < -0.3 is 9.84 Å². The van der Waals surface area contributed by atoms with E-state index < -0.39 is 0 Å².